The molecule has 0 aromatic heterocycles. The molecule has 3 rings (SSSR count). The molecule has 0 atom stereocenters. The Morgan fingerprint density at radius 2 is 1.65 bits per heavy atom. The van der Waals surface area contributed by atoms with Crippen LogP contribution in [0.1, 0.15) is 0 Å². The first-order valence-corrected chi connectivity index (χ1v) is 8.32. The number of hydrogen-bond acceptors (Lipinski definition) is 4. The van der Waals surface area contributed by atoms with Crippen molar-refractivity contribution in [2.24, 2.45) is 0 Å². The number of piperazine rings is 1. The topological polar surface area (TPSA) is 61.9 Å². The second kappa shape index (κ2) is 7.86. The van der Waals surface area contributed by atoms with Crippen molar-refractivity contribution in [3.63, 3.8) is 0 Å². The van der Waals surface area contributed by atoms with Crippen molar-refractivity contribution in [2.75, 3.05) is 43.5 Å². The molecule has 6 nitrogen and oxygen atoms in total. The highest BCUT2D eigenvalue weighted by Gasteiger charge is 2.26. The van der Waals surface area contributed by atoms with E-state index in [0.29, 0.717) is 43.3 Å². The van der Waals surface area contributed by atoms with E-state index >= 15 is 0 Å². The number of nitrogens with one attached hydrogen (secondary N) is 1. The summed E-state index contributed by atoms with van der Waals surface area (Å²) in [6, 6.07) is 13.3. The summed E-state index contributed by atoms with van der Waals surface area (Å²) >= 11 is 0. The highest BCUT2D eigenvalue weighted by atomic mass is 19.1. The lowest BCUT2D eigenvalue weighted by molar-refractivity contribution is -0.143. The molecule has 1 N–H and O–H groups in total. The number of methoxy groups -OCH3 is 1. The number of benzene rings is 2. The Bertz CT molecular complexity index is 787. The van der Waals surface area contributed by atoms with Gasteiger partial charge in [0, 0.05) is 31.9 Å². The van der Waals surface area contributed by atoms with Crippen molar-refractivity contribution in [1.29, 1.82) is 0 Å². The molecule has 0 bridgehead atoms. The second-order valence-electron chi connectivity index (χ2n) is 5.91. The van der Waals surface area contributed by atoms with Gasteiger partial charge in [-0.05, 0) is 36.4 Å². The summed E-state index contributed by atoms with van der Waals surface area (Å²) in [7, 11) is 1.55. The molecule has 2 aromatic rings. The van der Waals surface area contributed by atoms with Gasteiger partial charge in [-0.3, -0.25) is 9.59 Å². The number of anilines is 2. The van der Waals surface area contributed by atoms with Crippen LogP contribution in [0.5, 0.6) is 5.75 Å². The first-order valence-electron chi connectivity index (χ1n) is 8.32. The van der Waals surface area contributed by atoms with Crippen LogP contribution >= 0.6 is 0 Å². The molecular weight excluding hydrogens is 337 g/mol. The number of carbonyl (C=O) groups is 2. The summed E-state index contributed by atoms with van der Waals surface area (Å²) < 4.78 is 18.9. The van der Waals surface area contributed by atoms with E-state index in [4.69, 9.17) is 4.74 Å². The number of ether oxygens (including phenoxy) is 1. The van der Waals surface area contributed by atoms with Crippen molar-refractivity contribution < 1.29 is 18.7 Å². The van der Waals surface area contributed by atoms with Crippen LogP contribution in [-0.2, 0) is 9.59 Å². The molecule has 7 heteroatoms. The molecule has 2 aromatic carbocycles. The molecule has 0 radical (unpaired) electrons. The average molecular weight is 357 g/mol. The second-order valence-corrected chi connectivity index (χ2v) is 5.91. The molecular formula is C19H20FN3O3. The van der Waals surface area contributed by atoms with Crippen molar-refractivity contribution >= 4 is 23.2 Å². The molecule has 0 aliphatic carbocycles. The Morgan fingerprint density at radius 3 is 2.27 bits per heavy atom. The van der Waals surface area contributed by atoms with E-state index in [1.807, 2.05) is 4.90 Å². The lowest BCUT2D eigenvalue weighted by Gasteiger charge is -2.35. The first kappa shape index (κ1) is 17.7. The van der Waals surface area contributed by atoms with Crippen LogP contribution in [0.2, 0.25) is 0 Å². The molecule has 1 saturated heterocycles. The maximum Gasteiger partial charge on any atom is 0.313 e. The van der Waals surface area contributed by atoms with Crippen LogP contribution in [0.4, 0.5) is 15.8 Å². The minimum absolute atomic E-state index is 0.287. The van der Waals surface area contributed by atoms with Gasteiger partial charge in [0.2, 0.25) is 0 Å². The van der Waals surface area contributed by atoms with Gasteiger partial charge in [-0.2, -0.15) is 0 Å². The van der Waals surface area contributed by atoms with Gasteiger partial charge in [0.25, 0.3) is 0 Å². The number of nitrogens with zero attached hydrogens (tertiary/aromatic N) is 2. The van der Waals surface area contributed by atoms with Crippen LogP contribution in [0.3, 0.4) is 0 Å². The van der Waals surface area contributed by atoms with E-state index in [1.54, 1.807) is 49.6 Å². The fraction of sp³-hybridized carbons (Fsp3) is 0.263. The number of hydrogen-bond donors (Lipinski definition) is 1. The van der Waals surface area contributed by atoms with Crippen molar-refractivity contribution in [2.45, 2.75) is 0 Å². The summed E-state index contributed by atoms with van der Waals surface area (Å²) in [5.41, 5.74) is 1.04. The summed E-state index contributed by atoms with van der Waals surface area (Å²) in [6.45, 7) is 1.68. The molecule has 1 aliphatic heterocycles. The SMILES string of the molecule is COc1ccc(NC(=O)C(=O)N2CCN(c3ccccc3F)CC2)cc1. The highest BCUT2D eigenvalue weighted by molar-refractivity contribution is 6.39. The quantitative estimate of drug-likeness (QED) is 0.855. The highest BCUT2D eigenvalue weighted by Crippen LogP contribution is 2.20. The number of halogens is 1. The van der Waals surface area contributed by atoms with Gasteiger partial charge in [0.05, 0.1) is 12.8 Å². The Hall–Kier alpha value is -3.09. The van der Waals surface area contributed by atoms with Gasteiger partial charge < -0.3 is 19.9 Å². The zero-order chi connectivity index (χ0) is 18.5. The van der Waals surface area contributed by atoms with Gasteiger partial charge in [-0.15, -0.1) is 0 Å². The van der Waals surface area contributed by atoms with Gasteiger partial charge in [-0.1, -0.05) is 12.1 Å². The van der Waals surface area contributed by atoms with E-state index in [-0.39, 0.29) is 5.82 Å². The third kappa shape index (κ3) is 3.93. The molecule has 2 amide bonds. The average Bonchev–Trinajstić information content (AvgIpc) is 2.68. The van der Waals surface area contributed by atoms with Crippen LogP contribution in [0, 0.1) is 5.82 Å². The van der Waals surface area contributed by atoms with Crippen LogP contribution in [-0.4, -0.2) is 50.0 Å². The van der Waals surface area contributed by atoms with E-state index in [9.17, 15) is 14.0 Å². The Balaban J connectivity index is 1.55. The predicted octanol–water partition coefficient (Wildman–Crippen LogP) is 2.12. The van der Waals surface area contributed by atoms with E-state index in [0.717, 1.165) is 0 Å². The van der Waals surface area contributed by atoms with Gasteiger partial charge in [0.15, 0.2) is 0 Å². The largest absolute Gasteiger partial charge is 0.497 e. The number of rotatable bonds is 3. The minimum atomic E-state index is -0.686. The Kier molecular flexibility index (Phi) is 5.36. The molecule has 0 saturated carbocycles. The zero-order valence-corrected chi connectivity index (χ0v) is 14.4. The monoisotopic (exact) mass is 357 g/mol. The lowest BCUT2D eigenvalue weighted by atomic mass is 10.2. The molecule has 0 unspecified atom stereocenters. The molecule has 1 heterocycles. The number of para-hydroxylation sites is 1. The van der Waals surface area contributed by atoms with Crippen LogP contribution in [0.15, 0.2) is 48.5 Å². The van der Waals surface area contributed by atoms with E-state index < -0.39 is 11.8 Å². The normalized spacial score (nSPS) is 14.1. The fourth-order valence-electron chi connectivity index (χ4n) is 2.86. The van der Waals surface area contributed by atoms with Gasteiger partial charge >= 0.3 is 11.8 Å². The van der Waals surface area contributed by atoms with Gasteiger partial charge in [-0.25, -0.2) is 4.39 Å². The maximum absolute atomic E-state index is 13.9. The van der Waals surface area contributed by atoms with Crippen molar-refractivity contribution in [1.82, 2.24) is 4.90 Å². The third-order valence-electron chi connectivity index (χ3n) is 4.30. The fourth-order valence-corrected chi connectivity index (χ4v) is 2.86. The van der Waals surface area contributed by atoms with Crippen molar-refractivity contribution in [3.8, 4) is 5.75 Å². The van der Waals surface area contributed by atoms with E-state index in [1.165, 1.54) is 11.0 Å². The lowest BCUT2D eigenvalue weighted by Crippen LogP contribution is -2.51. The summed E-state index contributed by atoms with van der Waals surface area (Å²) in [6.07, 6.45) is 0. The smallest absolute Gasteiger partial charge is 0.313 e. The minimum Gasteiger partial charge on any atom is -0.497 e. The number of amides is 2. The molecule has 0 spiro atoms. The first-order chi connectivity index (χ1) is 12.6. The summed E-state index contributed by atoms with van der Waals surface area (Å²) in [5, 5.41) is 2.58. The molecule has 26 heavy (non-hydrogen) atoms. The van der Waals surface area contributed by atoms with Gasteiger partial charge in [0.1, 0.15) is 11.6 Å². The summed E-state index contributed by atoms with van der Waals surface area (Å²) in [4.78, 5) is 27.9. The zero-order valence-electron chi connectivity index (χ0n) is 14.4. The molecule has 1 fully saturated rings. The Labute approximate surface area is 151 Å². The Morgan fingerprint density at radius 1 is 1.00 bits per heavy atom. The maximum atomic E-state index is 13.9. The van der Waals surface area contributed by atoms with Crippen LogP contribution in [0.25, 0.3) is 0 Å². The van der Waals surface area contributed by atoms with Crippen molar-refractivity contribution in [3.05, 3.63) is 54.3 Å². The standard InChI is InChI=1S/C19H20FN3O3/c1-26-15-8-6-14(7-9-15)21-18(24)19(25)23-12-10-22(11-13-23)17-5-3-2-4-16(17)20/h2-9H,10-13H2,1H3,(H,21,24). The number of carbonyl (C=O) groups excluding carboxylic acids is 2. The molecule has 1 aliphatic rings. The molecule has 136 valence electrons. The van der Waals surface area contributed by atoms with E-state index in [2.05, 4.69) is 5.32 Å². The van der Waals surface area contributed by atoms with Crippen LogP contribution < -0.4 is 15.0 Å². The summed E-state index contributed by atoms with van der Waals surface area (Å²) in [5.74, 6) is -0.897. The third-order valence-corrected chi connectivity index (χ3v) is 4.30. The predicted molar refractivity (Wildman–Crippen MR) is 96.8 cm³/mol.